The fourth-order valence-electron chi connectivity index (χ4n) is 2.62. The number of anilines is 1. The van der Waals surface area contributed by atoms with E-state index in [0.717, 1.165) is 5.11 Å². The predicted molar refractivity (Wildman–Crippen MR) is 98.0 cm³/mol. The minimum Gasteiger partial charge on any atom is -0.366 e. The minimum atomic E-state index is -4.25. The van der Waals surface area contributed by atoms with Crippen molar-refractivity contribution >= 4 is 34.8 Å². The molecule has 0 saturated carbocycles. The van der Waals surface area contributed by atoms with E-state index in [-0.39, 0.29) is 0 Å². The highest BCUT2D eigenvalue weighted by atomic mass is 32.2. The molecule has 1 aliphatic heterocycles. The third-order valence-corrected chi connectivity index (χ3v) is 5.76. The van der Waals surface area contributed by atoms with Crippen LogP contribution < -0.4 is 4.90 Å². The Kier molecular flexibility index (Phi) is 6.42. The van der Waals surface area contributed by atoms with E-state index in [0.29, 0.717) is 54.1 Å². The van der Waals surface area contributed by atoms with Gasteiger partial charge in [0.2, 0.25) is 0 Å². The summed E-state index contributed by atoms with van der Waals surface area (Å²) in [7, 11) is 3.75. The molecule has 25 heavy (non-hydrogen) atoms. The Morgan fingerprint density at radius 2 is 1.80 bits per heavy atom. The number of hydrogen-bond acceptors (Lipinski definition) is 3. The van der Waals surface area contributed by atoms with Gasteiger partial charge in [-0.15, -0.1) is 11.8 Å². The van der Waals surface area contributed by atoms with E-state index < -0.39 is 17.7 Å². The lowest BCUT2D eigenvalue weighted by Gasteiger charge is -2.39. The van der Waals surface area contributed by atoms with Gasteiger partial charge in [-0.25, -0.2) is 4.39 Å². The van der Waals surface area contributed by atoms with Crippen molar-refractivity contribution in [1.82, 2.24) is 9.80 Å². The van der Waals surface area contributed by atoms with Crippen LogP contribution in [-0.4, -0.2) is 67.1 Å². The summed E-state index contributed by atoms with van der Waals surface area (Å²) in [5.41, 5.74) is 0.869. The van der Waals surface area contributed by atoms with E-state index in [1.165, 1.54) is 12.1 Å². The molecule has 0 aromatic heterocycles. The third kappa shape index (κ3) is 5.37. The van der Waals surface area contributed by atoms with Gasteiger partial charge in [0.15, 0.2) is 5.11 Å². The molecule has 1 aliphatic rings. The lowest BCUT2D eigenvalue weighted by Crippen LogP contribution is -2.51. The Bertz CT molecular complexity index is 627. The van der Waals surface area contributed by atoms with E-state index in [1.807, 2.05) is 28.8 Å². The van der Waals surface area contributed by atoms with Gasteiger partial charge in [0, 0.05) is 45.2 Å². The zero-order valence-corrected chi connectivity index (χ0v) is 16.0. The molecule has 1 fully saturated rings. The van der Waals surface area contributed by atoms with Crippen molar-refractivity contribution in [3.8, 4) is 0 Å². The van der Waals surface area contributed by atoms with Crippen LogP contribution >= 0.6 is 24.0 Å². The molecule has 1 aromatic rings. The Hall–Kier alpha value is -1.22. The Morgan fingerprint density at radius 3 is 2.32 bits per heavy atom. The van der Waals surface area contributed by atoms with Crippen LogP contribution in [0.4, 0.5) is 23.2 Å². The lowest BCUT2D eigenvalue weighted by atomic mass is 10.2. The van der Waals surface area contributed by atoms with Crippen molar-refractivity contribution in [2.75, 3.05) is 50.9 Å². The largest absolute Gasteiger partial charge is 0.398 e. The summed E-state index contributed by atoms with van der Waals surface area (Å²) in [4.78, 5) is 6.21. The minimum absolute atomic E-state index is 0.352. The number of thiocarbonyl (C=S) groups is 1. The molecule has 140 valence electrons. The highest BCUT2D eigenvalue weighted by molar-refractivity contribution is 7.99. The van der Waals surface area contributed by atoms with Crippen LogP contribution in [-0.2, 0) is 0 Å². The van der Waals surface area contributed by atoms with Crippen LogP contribution in [0.1, 0.15) is 5.56 Å². The maximum Gasteiger partial charge on any atom is 0.398 e. The summed E-state index contributed by atoms with van der Waals surface area (Å²) in [6, 6.07) is 2.84. The molecular formula is C16H21F4N3S2. The number of rotatable bonds is 3. The fraction of sp³-hybridized carbons (Fsp3) is 0.562. The molecule has 0 N–H and O–H groups in total. The van der Waals surface area contributed by atoms with Crippen molar-refractivity contribution in [2.24, 2.45) is 0 Å². The van der Waals surface area contributed by atoms with Crippen molar-refractivity contribution in [3.05, 3.63) is 23.5 Å². The molecule has 2 rings (SSSR count). The van der Waals surface area contributed by atoms with Crippen LogP contribution in [0, 0.1) is 12.7 Å². The van der Waals surface area contributed by atoms with Gasteiger partial charge in [-0.2, -0.15) is 13.2 Å². The second kappa shape index (κ2) is 7.99. The smallest absolute Gasteiger partial charge is 0.366 e. The van der Waals surface area contributed by atoms with Crippen LogP contribution in [0.15, 0.2) is 17.0 Å². The SMILES string of the molecule is Cc1cc(F)c(N2CCN(C(=S)N(C)C)CC2)cc1SCC(F)(F)F. The average molecular weight is 395 g/mol. The van der Waals surface area contributed by atoms with E-state index in [4.69, 9.17) is 12.2 Å². The zero-order valence-electron chi connectivity index (χ0n) is 14.4. The number of aryl methyl sites for hydroxylation is 1. The number of piperazine rings is 1. The van der Waals surface area contributed by atoms with Crippen LogP contribution in [0.25, 0.3) is 0 Å². The first-order chi connectivity index (χ1) is 11.6. The standard InChI is InChI=1S/C16H21F4N3S2/c1-11-8-12(17)13(9-14(11)25-10-16(18,19)20)22-4-6-23(7-5-22)15(24)21(2)3/h8-9H,4-7,10H2,1-3H3. The normalized spacial score (nSPS) is 15.5. The van der Waals surface area contributed by atoms with Gasteiger partial charge in [0.05, 0.1) is 11.4 Å². The highest BCUT2D eigenvalue weighted by Gasteiger charge is 2.28. The van der Waals surface area contributed by atoms with Gasteiger partial charge in [-0.05, 0) is 36.8 Å². The Morgan fingerprint density at radius 1 is 1.20 bits per heavy atom. The monoisotopic (exact) mass is 395 g/mol. The summed E-state index contributed by atoms with van der Waals surface area (Å²) in [6.45, 7) is 4.05. The van der Waals surface area contributed by atoms with E-state index in [1.54, 1.807) is 6.92 Å². The van der Waals surface area contributed by atoms with Crippen molar-refractivity contribution < 1.29 is 17.6 Å². The van der Waals surface area contributed by atoms with Crippen LogP contribution in [0.3, 0.4) is 0 Å². The number of benzene rings is 1. The first-order valence-electron chi connectivity index (χ1n) is 7.79. The summed E-state index contributed by atoms with van der Waals surface area (Å²) < 4.78 is 51.7. The van der Waals surface area contributed by atoms with E-state index in [2.05, 4.69) is 0 Å². The first-order valence-corrected chi connectivity index (χ1v) is 9.19. The lowest BCUT2D eigenvalue weighted by molar-refractivity contribution is -0.105. The molecular weight excluding hydrogens is 374 g/mol. The van der Waals surface area contributed by atoms with Gasteiger partial charge in [-0.3, -0.25) is 0 Å². The van der Waals surface area contributed by atoms with Gasteiger partial charge in [0.1, 0.15) is 5.82 Å². The topological polar surface area (TPSA) is 9.72 Å². The molecule has 0 aliphatic carbocycles. The molecule has 1 aromatic carbocycles. The summed E-state index contributed by atoms with van der Waals surface area (Å²) in [6.07, 6.45) is -4.25. The van der Waals surface area contributed by atoms with Crippen molar-refractivity contribution in [2.45, 2.75) is 18.0 Å². The third-order valence-electron chi connectivity index (χ3n) is 3.91. The quantitative estimate of drug-likeness (QED) is 0.437. The number of halogens is 4. The van der Waals surface area contributed by atoms with Gasteiger partial charge >= 0.3 is 6.18 Å². The summed E-state index contributed by atoms with van der Waals surface area (Å²) in [5.74, 6) is -1.39. The molecule has 0 radical (unpaired) electrons. The van der Waals surface area contributed by atoms with Gasteiger partial charge in [0.25, 0.3) is 0 Å². The number of thioether (sulfide) groups is 1. The fourth-order valence-corrected chi connectivity index (χ4v) is 3.60. The molecule has 0 unspecified atom stereocenters. The molecule has 1 heterocycles. The van der Waals surface area contributed by atoms with E-state index in [9.17, 15) is 17.6 Å². The summed E-state index contributed by atoms with van der Waals surface area (Å²) in [5, 5.41) is 0.727. The Labute approximate surface area is 154 Å². The molecule has 9 heteroatoms. The van der Waals surface area contributed by atoms with Gasteiger partial charge < -0.3 is 14.7 Å². The maximum atomic E-state index is 14.4. The van der Waals surface area contributed by atoms with Gasteiger partial charge in [-0.1, -0.05) is 0 Å². The average Bonchev–Trinajstić information content (AvgIpc) is 2.52. The van der Waals surface area contributed by atoms with Crippen molar-refractivity contribution in [3.63, 3.8) is 0 Å². The number of nitrogens with zero attached hydrogens (tertiary/aromatic N) is 3. The highest BCUT2D eigenvalue weighted by Crippen LogP contribution is 2.34. The number of alkyl halides is 3. The predicted octanol–water partition coefficient (Wildman–Crippen LogP) is 3.76. The zero-order chi connectivity index (χ0) is 18.8. The molecule has 0 spiro atoms. The summed E-state index contributed by atoms with van der Waals surface area (Å²) >= 11 is 6.03. The Balaban J connectivity index is 2.10. The second-order valence-corrected chi connectivity index (χ2v) is 7.51. The molecule has 1 saturated heterocycles. The molecule has 0 amide bonds. The molecule has 3 nitrogen and oxygen atoms in total. The maximum absolute atomic E-state index is 14.4. The van der Waals surface area contributed by atoms with Crippen molar-refractivity contribution in [1.29, 1.82) is 0 Å². The van der Waals surface area contributed by atoms with E-state index >= 15 is 0 Å². The van der Waals surface area contributed by atoms with Crippen LogP contribution in [0.5, 0.6) is 0 Å². The van der Waals surface area contributed by atoms with Crippen LogP contribution in [0.2, 0.25) is 0 Å². The second-order valence-electron chi connectivity index (χ2n) is 6.12. The first kappa shape index (κ1) is 20.1. The number of hydrogen-bond donors (Lipinski definition) is 0. The molecule has 0 atom stereocenters. The molecule has 0 bridgehead atoms.